The molecular weight excluding hydrogens is 228 g/mol. The minimum Gasteiger partial charge on any atom is -0.298 e. The Morgan fingerprint density at radius 1 is 1.24 bits per heavy atom. The van der Waals surface area contributed by atoms with Gasteiger partial charge in [-0.05, 0) is 24.5 Å². The molecule has 1 aromatic carbocycles. The molecule has 94 valence electrons. The molecule has 0 aliphatic heterocycles. The normalized spacial score (nSPS) is 12.4. The Kier molecular flexibility index (Phi) is 7.02. The van der Waals surface area contributed by atoms with E-state index in [0.29, 0.717) is 0 Å². The van der Waals surface area contributed by atoms with Crippen molar-refractivity contribution in [2.24, 2.45) is 5.92 Å². The molecule has 17 heavy (non-hydrogen) atoms. The molecule has 2 heteroatoms. The molecule has 0 heterocycles. The van der Waals surface area contributed by atoms with E-state index in [4.69, 9.17) is 0 Å². The average Bonchev–Trinajstić information content (AvgIpc) is 2.39. The molecule has 1 unspecified atom stereocenters. The third-order valence-electron chi connectivity index (χ3n) is 3.05. The van der Waals surface area contributed by atoms with Gasteiger partial charge in [0.2, 0.25) is 0 Å². The number of carbonyl (C=O) groups is 1. The molecule has 1 rings (SSSR count). The van der Waals surface area contributed by atoms with Gasteiger partial charge in [-0.1, -0.05) is 45.2 Å². The zero-order chi connectivity index (χ0) is 12.5. The fourth-order valence-corrected chi connectivity index (χ4v) is 2.91. The summed E-state index contributed by atoms with van der Waals surface area (Å²) in [4.78, 5) is 11.8. The molecule has 1 aromatic rings. The van der Waals surface area contributed by atoms with E-state index in [0.717, 1.165) is 17.8 Å². The van der Waals surface area contributed by atoms with Crippen LogP contribution in [0.2, 0.25) is 0 Å². The summed E-state index contributed by atoms with van der Waals surface area (Å²) in [5, 5.41) is 0. The second kappa shape index (κ2) is 8.35. The van der Waals surface area contributed by atoms with Gasteiger partial charge in [-0.25, -0.2) is 0 Å². The standard InChI is InChI=1S/C15H22OS/c1-3-5-6-13(4-2)12-17-15-9-7-14(11-16)8-10-15/h7-11,13H,3-6,12H2,1-2H3. The Balaban J connectivity index is 2.39. The maximum atomic E-state index is 10.5. The largest absolute Gasteiger partial charge is 0.298 e. The SMILES string of the molecule is CCCCC(CC)CSc1ccc(C=O)cc1. The van der Waals surface area contributed by atoms with Crippen molar-refractivity contribution < 1.29 is 4.79 Å². The van der Waals surface area contributed by atoms with Gasteiger partial charge in [0, 0.05) is 16.2 Å². The molecule has 1 nitrogen and oxygen atoms in total. The summed E-state index contributed by atoms with van der Waals surface area (Å²) in [6.45, 7) is 4.52. The summed E-state index contributed by atoms with van der Waals surface area (Å²) in [6.07, 6.45) is 6.12. The number of hydrogen-bond donors (Lipinski definition) is 0. The van der Waals surface area contributed by atoms with Crippen LogP contribution < -0.4 is 0 Å². The van der Waals surface area contributed by atoms with Crippen LogP contribution in [-0.4, -0.2) is 12.0 Å². The number of rotatable bonds is 8. The molecule has 0 saturated heterocycles. The van der Waals surface area contributed by atoms with E-state index in [1.165, 1.54) is 36.3 Å². The molecule has 0 bridgehead atoms. The molecule has 0 aliphatic rings. The zero-order valence-corrected chi connectivity index (χ0v) is 11.6. The maximum absolute atomic E-state index is 10.5. The van der Waals surface area contributed by atoms with Gasteiger partial charge in [0.15, 0.2) is 0 Å². The monoisotopic (exact) mass is 250 g/mol. The number of carbonyl (C=O) groups excluding carboxylic acids is 1. The first-order chi connectivity index (χ1) is 8.30. The van der Waals surface area contributed by atoms with Crippen molar-refractivity contribution in [3.63, 3.8) is 0 Å². The van der Waals surface area contributed by atoms with Gasteiger partial charge < -0.3 is 0 Å². The summed E-state index contributed by atoms with van der Waals surface area (Å²) in [7, 11) is 0. The van der Waals surface area contributed by atoms with Crippen molar-refractivity contribution in [1.82, 2.24) is 0 Å². The number of hydrogen-bond acceptors (Lipinski definition) is 2. The fourth-order valence-electron chi connectivity index (χ4n) is 1.75. The van der Waals surface area contributed by atoms with Gasteiger partial charge in [-0.2, -0.15) is 0 Å². The van der Waals surface area contributed by atoms with Crippen LogP contribution in [0.3, 0.4) is 0 Å². The first-order valence-electron chi connectivity index (χ1n) is 6.48. The minimum atomic E-state index is 0.757. The molecule has 0 spiro atoms. The molecule has 0 aromatic heterocycles. The molecule has 0 amide bonds. The van der Waals surface area contributed by atoms with Crippen LogP contribution in [0.1, 0.15) is 49.9 Å². The van der Waals surface area contributed by atoms with Gasteiger partial charge >= 0.3 is 0 Å². The summed E-state index contributed by atoms with van der Waals surface area (Å²) < 4.78 is 0. The number of aldehydes is 1. The van der Waals surface area contributed by atoms with Crippen LogP contribution >= 0.6 is 11.8 Å². The van der Waals surface area contributed by atoms with Gasteiger partial charge in [0.05, 0.1) is 0 Å². The van der Waals surface area contributed by atoms with Crippen molar-refractivity contribution in [1.29, 1.82) is 0 Å². The quantitative estimate of drug-likeness (QED) is 0.486. The molecule has 0 radical (unpaired) electrons. The molecule has 0 fully saturated rings. The lowest BCUT2D eigenvalue weighted by Gasteiger charge is -2.13. The van der Waals surface area contributed by atoms with Crippen LogP contribution in [0.5, 0.6) is 0 Å². The van der Waals surface area contributed by atoms with Gasteiger partial charge in [-0.15, -0.1) is 11.8 Å². The number of benzene rings is 1. The third kappa shape index (κ3) is 5.40. The lowest BCUT2D eigenvalue weighted by atomic mass is 10.0. The molecular formula is C15H22OS. The van der Waals surface area contributed by atoms with Crippen molar-refractivity contribution in [2.75, 3.05) is 5.75 Å². The van der Waals surface area contributed by atoms with Gasteiger partial charge in [-0.3, -0.25) is 4.79 Å². The smallest absolute Gasteiger partial charge is 0.150 e. The minimum absolute atomic E-state index is 0.757. The highest BCUT2D eigenvalue weighted by Gasteiger charge is 2.06. The Bertz CT molecular complexity index is 318. The topological polar surface area (TPSA) is 17.1 Å². The Morgan fingerprint density at radius 2 is 1.94 bits per heavy atom. The summed E-state index contributed by atoms with van der Waals surface area (Å²) in [5.41, 5.74) is 0.757. The molecule has 0 saturated carbocycles. The third-order valence-corrected chi connectivity index (χ3v) is 4.29. The molecule has 0 N–H and O–H groups in total. The van der Waals surface area contributed by atoms with Crippen LogP contribution in [0.4, 0.5) is 0 Å². The maximum Gasteiger partial charge on any atom is 0.150 e. The number of thioether (sulfide) groups is 1. The van der Waals surface area contributed by atoms with Crippen LogP contribution in [0.15, 0.2) is 29.2 Å². The summed E-state index contributed by atoms with van der Waals surface area (Å²) in [6, 6.07) is 7.87. The fraction of sp³-hybridized carbons (Fsp3) is 0.533. The Morgan fingerprint density at radius 3 is 2.47 bits per heavy atom. The molecule has 0 aliphatic carbocycles. The highest BCUT2D eigenvalue weighted by atomic mass is 32.2. The molecule has 1 atom stereocenters. The van der Waals surface area contributed by atoms with Gasteiger partial charge in [0.25, 0.3) is 0 Å². The van der Waals surface area contributed by atoms with Crippen LogP contribution in [-0.2, 0) is 0 Å². The Hall–Kier alpha value is -0.760. The first kappa shape index (κ1) is 14.3. The predicted molar refractivity (Wildman–Crippen MR) is 75.9 cm³/mol. The first-order valence-corrected chi connectivity index (χ1v) is 7.46. The predicted octanol–water partition coefficient (Wildman–Crippen LogP) is 4.81. The lowest BCUT2D eigenvalue weighted by Crippen LogP contribution is -2.01. The van der Waals surface area contributed by atoms with E-state index in [1.807, 2.05) is 36.0 Å². The highest BCUT2D eigenvalue weighted by molar-refractivity contribution is 7.99. The van der Waals surface area contributed by atoms with Crippen molar-refractivity contribution in [3.8, 4) is 0 Å². The average molecular weight is 250 g/mol. The Labute approximate surface area is 109 Å². The zero-order valence-electron chi connectivity index (χ0n) is 10.8. The summed E-state index contributed by atoms with van der Waals surface area (Å²) in [5.74, 6) is 2.02. The van der Waals surface area contributed by atoms with Crippen molar-refractivity contribution >= 4 is 18.0 Å². The lowest BCUT2D eigenvalue weighted by molar-refractivity contribution is 0.112. The van der Waals surface area contributed by atoms with Crippen molar-refractivity contribution in [2.45, 2.75) is 44.4 Å². The van der Waals surface area contributed by atoms with E-state index < -0.39 is 0 Å². The second-order valence-corrected chi connectivity index (χ2v) is 5.51. The van der Waals surface area contributed by atoms with E-state index in [1.54, 1.807) is 0 Å². The highest BCUT2D eigenvalue weighted by Crippen LogP contribution is 2.25. The van der Waals surface area contributed by atoms with E-state index in [-0.39, 0.29) is 0 Å². The van der Waals surface area contributed by atoms with E-state index in [2.05, 4.69) is 13.8 Å². The second-order valence-electron chi connectivity index (χ2n) is 4.41. The van der Waals surface area contributed by atoms with E-state index in [9.17, 15) is 4.79 Å². The van der Waals surface area contributed by atoms with Crippen LogP contribution in [0.25, 0.3) is 0 Å². The summed E-state index contributed by atoms with van der Waals surface area (Å²) >= 11 is 1.91. The van der Waals surface area contributed by atoms with Gasteiger partial charge in [0.1, 0.15) is 6.29 Å². The van der Waals surface area contributed by atoms with E-state index >= 15 is 0 Å². The van der Waals surface area contributed by atoms with Crippen molar-refractivity contribution in [3.05, 3.63) is 29.8 Å². The van der Waals surface area contributed by atoms with Crippen LogP contribution in [0, 0.1) is 5.92 Å². The number of unbranched alkanes of at least 4 members (excludes halogenated alkanes) is 1.